The zero-order valence-electron chi connectivity index (χ0n) is 29.5. The maximum absolute atomic E-state index is 12.0. The van der Waals surface area contributed by atoms with Crippen LogP contribution in [0.2, 0.25) is 0 Å². The monoisotopic (exact) mass is 831 g/mol. The topological polar surface area (TPSA) is 67.4 Å². The molecule has 6 heteroatoms. The van der Waals surface area contributed by atoms with E-state index in [2.05, 4.69) is 62.0 Å². The number of nitrogens with zero attached hydrogens (tertiary/aromatic N) is 3. The van der Waals surface area contributed by atoms with E-state index in [4.69, 9.17) is 16.5 Å². The summed E-state index contributed by atoms with van der Waals surface area (Å²) in [6.07, 6.45) is 14.8. The molecular formula is C43H48IrN3O2-. The molecule has 2 fully saturated rings. The molecule has 0 amide bonds. The van der Waals surface area contributed by atoms with Gasteiger partial charge in [0, 0.05) is 55.5 Å². The Bertz CT molecular complexity index is 1800. The number of carbonyl (C=O) groups is 1. The van der Waals surface area contributed by atoms with Crippen LogP contribution in [0.3, 0.4) is 0 Å². The molecule has 0 unspecified atom stereocenters. The van der Waals surface area contributed by atoms with Crippen molar-refractivity contribution in [1.82, 2.24) is 9.97 Å². The van der Waals surface area contributed by atoms with E-state index in [-0.39, 0.29) is 37.7 Å². The first-order chi connectivity index (χ1) is 23.1. The van der Waals surface area contributed by atoms with Gasteiger partial charge in [-0.05, 0) is 52.0 Å². The van der Waals surface area contributed by atoms with Gasteiger partial charge in [0.15, 0.2) is 11.5 Å². The van der Waals surface area contributed by atoms with Crippen molar-refractivity contribution in [3.63, 3.8) is 0 Å². The van der Waals surface area contributed by atoms with Gasteiger partial charge in [-0.1, -0.05) is 105 Å². The van der Waals surface area contributed by atoms with Gasteiger partial charge in [-0.15, -0.1) is 34.9 Å². The van der Waals surface area contributed by atoms with Crippen LogP contribution in [0.4, 0.5) is 5.69 Å². The summed E-state index contributed by atoms with van der Waals surface area (Å²) in [7, 11) is 0. The fourth-order valence-electron chi connectivity index (χ4n) is 7.29. The van der Waals surface area contributed by atoms with Crippen molar-refractivity contribution >= 4 is 11.5 Å². The first-order valence-electron chi connectivity index (χ1n) is 17.5. The first kappa shape index (κ1) is 37.9. The molecule has 4 aromatic rings. The molecule has 0 saturated heterocycles. The van der Waals surface area contributed by atoms with Gasteiger partial charge in [0.25, 0.3) is 0 Å². The second-order valence-corrected chi connectivity index (χ2v) is 13.8. The fraction of sp³-hybridized carbons (Fsp3) is 0.395. The van der Waals surface area contributed by atoms with Gasteiger partial charge in [0.05, 0.1) is 23.7 Å². The molecule has 1 aromatic heterocycles. The van der Waals surface area contributed by atoms with Crippen LogP contribution in [0.25, 0.3) is 38.6 Å². The number of aliphatic hydroxyl groups excluding tert-OH is 1. The number of carbonyl (C=O) groups excluding carboxylic acids is 1. The Kier molecular flexibility index (Phi) is 13.7. The normalized spacial score (nSPS) is 15.4. The Morgan fingerprint density at radius 2 is 1.45 bits per heavy atom. The molecule has 5 nitrogen and oxygen atoms in total. The number of hydrogen-bond donors (Lipinski definition) is 1. The number of aliphatic hydroxyl groups is 1. The SMILES string of the molecule is O=C(/C=C(\O)C1CCCCC1)C1CCCCC1.[C-]#[N+]c1cccc(C)c1-c1cnc(-c2[c-]c(C)cc(C)c2)c(-c2cc(C)cc(C)c2)n1.[Ir]. The molecule has 2 aliphatic rings. The van der Waals surface area contributed by atoms with E-state index in [1.807, 2.05) is 32.0 Å². The number of aryl methyl sites for hydroxylation is 5. The third kappa shape index (κ3) is 9.84. The molecule has 1 heterocycles. The predicted molar refractivity (Wildman–Crippen MR) is 196 cm³/mol. The summed E-state index contributed by atoms with van der Waals surface area (Å²) in [4.78, 5) is 25.7. The van der Waals surface area contributed by atoms with E-state index >= 15 is 0 Å². The van der Waals surface area contributed by atoms with E-state index in [0.29, 0.717) is 17.1 Å². The molecule has 3 aromatic carbocycles. The predicted octanol–water partition coefficient (Wildman–Crippen LogP) is 11.5. The van der Waals surface area contributed by atoms with Gasteiger partial charge < -0.3 is 10.1 Å². The molecule has 6 rings (SSSR count). The maximum Gasteiger partial charge on any atom is 0.196 e. The first-order valence-corrected chi connectivity index (χ1v) is 17.5. The summed E-state index contributed by atoms with van der Waals surface area (Å²) < 4.78 is 0. The molecule has 0 atom stereocenters. The van der Waals surface area contributed by atoms with Crippen molar-refractivity contribution < 1.29 is 30.0 Å². The Morgan fingerprint density at radius 3 is 2.06 bits per heavy atom. The van der Waals surface area contributed by atoms with Gasteiger partial charge in [-0.3, -0.25) is 9.78 Å². The number of benzene rings is 3. The largest absolute Gasteiger partial charge is 0.512 e. The molecule has 0 aliphatic heterocycles. The smallest absolute Gasteiger partial charge is 0.196 e. The van der Waals surface area contributed by atoms with Crippen molar-refractivity contribution in [3.05, 3.63) is 112 Å². The van der Waals surface area contributed by atoms with Gasteiger partial charge in [0.1, 0.15) is 0 Å². The third-order valence-corrected chi connectivity index (χ3v) is 9.62. The Hall–Kier alpha value is -3.91. The summed E-state index contributed by atoms with van der Waals surface area (Å²) in [5.74, 6) is 0.985. The van der Waals surface area contributed by atoms with Gasteiger partial charge >= 0.3 is 0 Å². The van der Waals surface area contributed by atoms with Crippen molar-refractivity contribution in [2.45, 2.75) is 98.8 Å². The standard InChI is InChI=1S/C28H24N3.C15H24O2.Ir/c1-17-10-18(2)13-22(12-17)27-28(23-14-19(3)11-20(4)15-23)31-25(16-30-27)26-21(5)8-7-9-24(26)29-6;16-14(12-7-3-1-4-8-12)11-15(17)13-9-5-2-6-10-13;/h7-12,14-16H,1-5H3;11-13,16H,1-10H2;/q-1;;/b;14-11-;. The maximum atomic E-state index is 12.0. The van der Waals surface area contributed by atoms with Gasteiger partial charge in [0.2, 0.25) is 0 Å². The van der Waals surface area contributed by atoms with Crippen LogP contribution in [0.5, 0.6) is 0 Å². The number of allylic oxidation sites excluding steroid dienone is 2. The number of ketones is 1. The molecular weight excluding hydrogens is 783 g/mol. The van der Waals surface area contributed by atoms with Crippen molar-refractivity contribution in [2.75, 3.05) is 0 Å². The number of aromatic nitrogens is 2. The molecule has 1 N–H and O–H groups in total. The van der Waals surface area contributed by atoms with Crippen molar-refractivity contribution in [1.29, 1.82) is 0 Å². The van der Waals surface area contributed by atoms with Crippen LogP contribution in [0, 0.1) is 59.1 Å². The minimum absolute atomic E-state index is 0. The van der Waals surface area contributed by atoms with E-state index in [1.165, 1.54) is 49.7 Å². The van der Waals surface area contributed by atoms with Crippen LogP contribution < -0.4 is 0 Å². The minimum Gasteiger partial charge on any atom is -0.512 e. The molecule has 0 spiro atoms. The van der Waals surface area contributed by atoms with Crippen LogP contribution in [-0.2, 0) is 24.9 Å². The number of hydrogen-bond acceptors (Lipinski definition) is 4. The van der Waals surface area contributed by atoms with Crippen molar-refractivity contribution in [2.24, 2.45) is 11.8 Å². The van der Waals surface area contributed by atoms with Crippen LogP contribution in [0.15, 0.2) is 66.6 Å². The van der Waals surface area contributed by atoms with E-state index in [1.54, 1.807) is 12.3 Å². The van der Waals surface area contributed by atoms with Gasteiger partial charge in [-0.2, -0.15) is 0 Å². The molecule has 2 aliphatic carbocycles. The summed E-state index contributed by atoms with van der Waals surface area (Å²) in [5.41, 5.74) is 11.3. The summed E-state index contributed by atoms with van der Waals surface area (Å²) in [6, 6.07) is 19.8. The average molecular weight is 831 g/mol. The van der Waals surface area contributed by atoms with Crippen LogP contribution in [-0.4, -0.2) is 20.9 Å². The second-order valence-electron chi connectivity index (χ2n) is 13.8. The van der Waals surface area contributed by atoms with E-state index < -0.39 is 0 Å². The zero-order valence-corrected chi connectivity index (χ0v) is 31.9. The molecule has 257 valence electrons. The van der Waals surface area contributed by atoms with Gasteiger partial charge in [-0.25, -0.2) is 4.85 Å². The Balaban J connectivity index is 0.000000255. The van der Waals surface area contributed by atoms with E-state index in [9.17, 15) is 9.90 Å². The summed E-state index contributed by atoms with van der Waals surface area (Å²) >= 11 is 0. The minimum atomic E-state index is 0. The third-order valence-electron chi connectivity index (χ3n) is 9.62. The quantitative estimate of drug-likeness (QED) is 0.119. The molecule has 0 bridgehead atoms. The average Bonchev–Trinajstić information content (AvgIpc) is 3.08. The zero-order chi connectivity index (χ0) is 34.2. The second kappa shape index (κ2) is 17.7. The molecule has 2 saturated carbocycles. The molecule has 1 radical (unpaired) electrons. The van der Waals surface area contributed by atoms with Crippen molar-refractivity contribution in [3.8, 4) is 33.8 Å². The van der Waals surface area contributed by atoms with E-state index in [0.717, 1.165) is 70.5 Å². The van der Waals surface area contributed by atoms with Crippen LogP contribution in [0.1, 0.15) is 92.0 Å². The van der Waals surface area contributed by atoms with Crippen LogP contribution >= 0.6 is 0 Å². The fourth-order valence-corrected chi connectivity index (χ4v) is 7.29. The number of rotatable bonds is 6. The Morgan fingerprint density at radius 1 is 0.837 bits per heavy atom. The summed E-state index contributed by atoms with van der Waals surface area (Å²) in [6.45, 7) is 17.9. The Labute approximate surface area is 306 Å². The molecule has 49 heavy (non-hydrogen) atoms. The summed E-state index contributed by atoms with van der Waals surface area (Å²) in [5, 5.41) is 10.0.